The number of carbonyl (C=O) groups is 1. The van der Waals surface area contributed by atoms with Gasteiger partial charge in [0.25, 0.3) is 5.91 Å². The second-order valence-corrected chi connectivity index (χ2v) is 7.75. The van der Waals surface area contributed by atoms with Gasteiger partial charge in [-0.05, 0) is 41.5 Å². The minimum absolute atomic E-state index is 0.0321. The minimum atomic E-state index is -1.35. The molecule has 1 aliphatic rings. The van der Waals surface area contributed by atoms with Crippen molar-refractivity contribution < 1.29 is 19.2 Å². The number of carbonyl (C=O) groups excluding carboxylic acids is 1. The van der Waals surface area contributed by atoms with Crippen LogP contribution in [0.5, 0.6) is 11.5 Å². The highest BCUT2D eigenvalue weighted by Gasteiger charge is 2.26. The fourth-order valence-electron chi connectivity index (χ4n) is 3.30. The SMILES string of the molecule is C[S+]([O-])Nc1cc(N2CCOc3cc(-c4ccccc4)ccc3C2=O)ccc1O. The molecule has 0 aromatic heterocycles. The standard InChI is InChI=1S/C22H20N2O4S/c1-29(27)23-19-14-17(8-10-20(19)25)24-11-12-28-21-13-16(7-9-18(21)22(24)26)15-5-3-2-4-6-15/h2-10,13-14,23,25H,11-12H2,1H3. The summed E-state index contributed by atoms with van der Waals surface area (Å²) in [5.74, 6) is 0.326. The number of nitrogens with zero attached hydrogens (tertiary/aromatic N) is 1. The van der Waals surface area contributed by atoms with Crippen LogP contribution in [0.15, 0.2) is 66.7 Å². The summed E-state index contributed by atoms with van der Waals surface area (Å²) in [5.41, 5.74) is 3.40. The number of amides is 1. The molecule has 1 unspecified atom stereocenters. The number of anilines is 2. The zero-order valence-corrected chi connectivity index (χ0v) is 16.6. The zero-order valence-electron chi connectivity index (χ0n) is 15.8. The molecular formula is C22H20N2O4S. The van der Waals surface area contributed by atoms with Crippen molar-refractivity contribution in [1.82, 2.24) is 0 Å². The predicted octanol–water partition coefficient (Wildman–Crippen LogP) is 3.80. The van der Waals surface area contributed by atoms with E-state index < -0.39 is 11.4 Å². The number of hydrogen-bond donors (Lipinski definition) is 2. The number of fused-ring (bicyclic) bond motifs is 1. The molecule has 0 spiro atoms. The molecule has 0 radical (unpaired) electrons. The number of aromatic hydroxyl groups is 1. The molecule has 0 aliphatic carbocycles. The van der Waals surface area contributed by atoms with Crippen LogP contribution in [-0.4, -0.2) is 35.0 Å². The lowest BCUT2D eigenvalue weighted by atomic mass is 10.0. The van der Waals surface area contributed by atoms with Crippen molar-refractivity contribution >= 4 is 28.6 Å². The Morgan fingerprint density at radius 1 is 1.07 bits per heavy atom. The first-order chi connectivity index (χ1) is 14.0. The molecule has 0 saturated carbocycles. The Hall–Kier alpha value is -3.16. The maximum Gasteiger partial charge on any atom is 0.262 e. The zero-order chi connectivity index (χ0) is 20.4. The van der Waals surface area contributed by atoms with Crippen molar-refractivity contribution in [2.24, 2.45) is 0 Å². The van der Waals surface area contributed by atoms with Crippen molar-refractivity contribution in [1.29, 1.82) is 0 Å². The average molecular weight is 408 g/mol. The number of rotatable bonds is 4. The largest absolute Gasteiger partial charge is 0.593 e. The maximum absolute atomic E-state index is 13.2. The number of ether oxygens (including phenoxy) is 1. The number of phenolic OH excluding ortho intramolecular Hbond substituents is 1. The smallest absolute Gasteiger partial charge is 0.262 e. The number of hydrogen-bond acceptors (Lipinski definition) is 5. The van der Waals surface area contributed by atoms with E-state index in [2.05, 4.69) is 4.72 Å². The number of nitrogens with one attached hydrogen (secondary N) is 1. The van der Waals surface area contributed by atoms with Gasteiger partial charge >= 0.3 is 0 Å². The van der Waals surface area contributed by atoms with Gasteiger partial charge in [0, 0.05) is 5.69 Å². The highest BCUT2D eigenvalue weighted by atomic mass is 32.2. The molecule has 148 valence electrons. The van der Waals surface area contributed by atoms with Gasteiger partial charge in [0.2, 0.25) is 0 Å². The molecule has 1 heterocycles. The van der Waals surface area contributed by atoms with Crippen molar-refractivity contribution in [3.63, 3.8) is 0 Å². The van der Waals surface area contributed by atoms with Crippen LogP contribution in [0.3, 0.4) is 0 Å². The van der Waals surface area contributed by atoms with Crippen LogP contribution in [0, 0.1) is 0 Å². The Bertz CT molecular complexity index is 1040. The highest BCUT2D eigenvalue weighted by Crippen LogP contribution is 2.34. The molecule has 7 heteroatoms. The summed E-state index contributed by atoms with van der Waals surface area (Å²) in [5, 5.41) is 9.98. The molecule has 1 atom stereocenters. The molecule has 29 heavy (non-hydrogen) atoms. The first-order valence-corrected chi connectivity index (χ1v) is 10.7. The van der Waals surface area contributed by atoms with Crippen LogP contribution < -0.4 is 14.4 Å². The molecule has 0 fully saturated rings. The minimum Gasteiger partial charge on any atom is -0.593 e. The lowest BCUT2D eigenvalue weighted by Gasteiger charge is -2.21. The summed E-state index contributed by atoms with van der Waals surface area (Å²) in [6.45, 7) is 0.688. The average Bonchev–Trinajstić information content (AvgIpc) is 2.88. The Balaban J connectivity index is 1.67. The first kappa shape index (κ1) is 19.2. The second kappa shape index (κ2) is 8.06. The normalized spacial score (nSPS) is 14.6. The van der Waals surface area contributed by atoms with Gasteiger partial charge in [0.1, 0.15) is 30.0 Å². The molecule has 0 saturated heterocycles. The lowest BCUT2D eigenvalue weighted by molar-refractivity contribution is 0.0990. The van der Waals surface area contributed by atoms with Crippen molar-refractivity contribution in [3.05, 3.63) is 72.3 Å². The van der Waals surface area contributed by atoms with Gasteiger partial charge in [-0.25, -0.2) is 4.72 Å². The van der Waals surface area contributed by atoms with Crippen LogP contribution >= 0.6 is 0 Å². The van der Waals surface area contributed by atoms with E-state index >= 15 is 0 Å². The second-order valence-electron chi connectivity index (χ2n) is 6.64. The maximum atomic E-state index is 13.2. The van der Waals surface area contributed by atoms with E-state index in [0.717, 1.165) is 11.1 Å². The van der Waals surface area contributed by atoms with Gasteiger partial charge in [-0.1, -0.05) is 36.4 Å². The van der Waals surface area contributed by atoms with E-state index in [0.29, 0.717) is 35.8 Å². The third-order valence-corrected chi connectivity index (χ3v) is 5.19. The fourth-order valence-corrected chi connectivity index (χ4v) is 3.77. The summed E-state index contributed by atoms with van der Waals surface area (Å²) in [4.78, 5) is 14.8. The Morgan fingerprint density at radius 2 is 1.86 bits per heavy atom. The number of benzene rings is 3. The highest BCUT2D eigenvalue weighted by molar-refractivity contribution is 7.92. The Kier molecular flexibility index (Phi) is 5.33. The summed E-state index contributed by atoms with van der Waals surface area (Å²) in [6, 6.07) is 20.2. The van der Waals surface area contributed by atoms with Gasteiger partial charge in [-0.15, -0.1) is 0 Å². The predicted molar refractivity (Wildman–Crippen MR) is 115 cm³/mol. The van der Waals surface area contributed by atoms with Gasteiger partial charge in [0.15, 0.2) is 0 Å². The molecule has 0 bridgehead atoms. The third-order valence-electron chi connectivity index (χ3n) is 4.68. The third kappa shape index (κ3) is 4.01. The first-order valence-electron chi connectivity index (χ1n) is 9.10. The summed E-state index contributed by atoms with van der Waals surface area (Å²) < 4.78 is 20.0. The molecule has 1 amide bonds. The van der Waals surface area contributed by atoms with Crippen molar-refractivity contribution in [2.45, 2.75) is 0 Å². The molecular weight excluding hydrogens is 388 g/mol. The van der Waals surface area contributed by atoms with Gasteiger partial charge in [0.05, 0.1) is 23.5 Å². The molecule has 3 aromatic carbocycles. The number of phenols is 1. The topological polar surface area (TPSA) is 84.9 Å². The molecule has 3 aromatic rings. The van der Waals surface area contributed by atoms with Crippen LogP contribution in [-0.2, 0) is 11.4 Å². The fraction of sp³-hybridized carbons (Fsp3) is 0.136. The summed E-state index contributed by atoms with van der Waals surface area (Å²) >= 11 is -1.35. The van der Waals surface area contributed by atoms with E-state index in [1.807, 2.05) is 42.5 Å². The molecule has 6 nitrogen and oxygen atoms in total. The summed E-state index contributed by atoms with van der Waals surface area (Å²) in [6.07, 6.45) is 1.47. The lowest BCUT2D eigenvalue weighted by Crippen LogP contribution is -2.32. The van der Waals surface area contributed by atoms with E-state index in [1.54, 1.807) is 23.1 Å². The molecule has 4 rings (SSSR count). The summed E-state index contributed by atoms with van der Waals surface area (Å²) in [7, 11) is 0. The van der Waals surface area contributed by atoms with Gasteiger partial charge < -0.3 is 19.3 Å². The molecule has 1 aliphatic heterocycles. The van der Waals surface area contributed by atoms with Crippen LogP contribution in [0.1, 0.15) is 10.4 Å². The Labute approximate surface area is 172 Å². The van der Waals surface area contributed by atoms with E-state index in [1.165, 1.54) is 12.3 Å². The van der Waals surface area contributed by atoms with E-state index in [4.69, 9.17) is 4.74 Å². The van der Waals surface area contributed by atoms with Gasteiger partial charge in [-0.3, -0.25) is 4.79 Å². The van der Waals surface area contributed by atoms with Gasteiger partial charge in [-0.2, -0.15) is 0 Å². The Morgan fingerprint density at radius 3 is 2.62 bits per heavy atom. The van der Waals surface area contributed by atoms with Crippen molar-refractivity contribution in [2.75, 3.05) is 29.0 Å². The van der Waals surface area contributed by atoms with Crippen molar-refractivity contribution in [3.8, 4) is 22.6 Å². The van der Waals surface area contributed by atoms with Crippen LogP contribution in [0.2, 0.25) is 0 Å². The van der Waals surface area contributed by atoms with Crippen LogP contribution in [0.25, 0.3) is 11.1 Å². The quantitative estimate of drug-likeness (QED) is 0.507. The van der Waals surface area contributed by atoms with E-state index in [-0.39, 0.29) is 11.7 Å². The van der Waals surface area contributed by atoms with Crippen LogP contribution in [0.4, 0.5) is 11.4 Å². The monoisotopic (exact) mass is 408 g/mol. The van der Waals surface area contributed by atoms with E-state index in [9.17, 15) is 14.5 Å². The molecule has 2 N–H and O–H groups in total.